The van der Waals surface area contributed by atoms with E-state index < -0.39 is 0 Å². The lowest BCUT2D eigenvalue weighted by molar-refractivity contribution is 0.253. The third-order valence-electron chi connectivity index (χ3n) is 7.59. The van der Waals surface area contributed by atoms with Crippen molar-refractivity contribution in [2.24, 2.45) is 0 Å². The monoisotopic (exact) mass is 498 g/mol. The van der Waals surface area contributed by atoms with E-state index in [1.54, 1.807) is 0 Å². The molecule has 3 nitrogen and oxygen atoms in total. The van der Waals surface area contributed by atoms with Gasteiger partial charge in [0.2, 0.25) is 0 Å². The molecule has 0 unspecified atom stereocenters. The summed E-state index contributed by atoms with van der Waals surface area (Å²) < 4.78 is 0. The quantitative estimate of drug-likeness (QED) is 0.0937. The summed E-state index contributed by atoms with van der Waals surface area (Å²) in [6.07, 6.45) is 35.0. The number of aliphatic hydroxyl groups excluding tert-OH is 2. The largest absolute Gasteiger partial charge is 0.396 e. The highest BCUT2D eigenvalue weighted by atomic mass is 16.3. The van der Waals surface area contributed by atoms with Gasteiger partial charge < -0.3 is 15.1 Å². The van der Waals surface area contributed by atoms with Gasteiger partial charge >= 0.3 is 0 Å². The lowest BCUT2D eigenvalue weighted by atomic mass is 10.1. The lowest BCUT2D eigenvalue weighted by Gasteiger charge is -2.22. The number of hydrogen-bond donors (Lipinski definition) is 2. The molecule has 212 valence electrons. The number of aliphatic hydroxyl groups is 2. The first-order valence-corrected chi connectivity index (χ1v) is 16.3. The first-order chi connectivity index (χ1) is 17.3. The van der Waals surface area contributed by atoms with E-state index in [0.29, 0.717) is 13.2 Å². The van der Waals surface area contributed by atoms with Gasteiger partial charge in [0.1, 0.15) is 0 Å². The number of hydrogen-bond acceptors (Lipinski definition) is 3. The minimum atomic E-state index is 0.361. The van der Waals surface area contributed by atoms with Crippen LogP contribution in [0.5, 0.6) is 0 Å². The predicted octanol–water partition coefficient (Wildman–Crippen LogP) is 9.44. The van der Waals surface area contributed by atoms with Gasteiger partial charge in [-0.05, 0) is 51.7 Å². The van der Waals surface area contributed by atoms with Crippen molar-refractivity contribution < 1.29 is 10.2 Å². The first-order valence-electron chi connectivity index (χ1n) is 16.3. The summed E-state index contributed by atoms with van der Waals surface area (Å²) in [5.41, 5.74) is 0. The van der Waals surface area contributed by atoms with E-state index in [9.17, 15) is 0 Å². The third kappa shape index (κ3) is 30.0. The fourth-order valence-corrected chi connectivity index (χ4v) is 5.17. The van der Waals surface area contributed by atoms with Gasteiger partial charge in [0, 0.05) is 13.2 Å². The second-order valence-corrected chi connectivity index (χ2v) is 11.1. The number of rotatable bonds is 31. The van der Waals surface area contributed by atoms with Gasteiger partial charge in [-0.2, -0.15) is 0 Å². The van der Waals surface area contributed by atoms with Crippen molar-refractivity contribution in [2.45, 2.75) is 174 Å². The van der Waals surface area contributed by atoms with Crippen LogP contribution in [-0.2, 0) is 0 Å². The molecule has 0 bridgehead atoms. The maximum atomic E-state index is 8.87. The molecule has 0 aliphatic carbocycles. The zero-order valence-corrected chi connectivity index (χ0v) is 24.3. The Morgan fingerprint density at radius 2 is 0.543 bits per heavy atom. The second-order valence-electron chi connectivity index (χ2n) is 11.1. The van der Waals surface area contributed by atoms with Crippen LogP contribution in [-0.4, -0.2) is 48.0 Å². The minimum Gasteiger partial charge on any atom is -0.396 e. The molecule has 0 saturated heterocycles. The van der Waals surface area contributed by atoms with Crippen LogP contribution in [0.1, 0.15) is 174 Å². The highest BCUT2D eigenvalue weighted by Crippen LogP contribution is 2.14. The molecule has 0 rings (SSSR count). The topological polar surface area (TPSA) is 43.7 Å². The van der Waals surface area contributed by atoms with Gasteiger partial charge in [-0.1, -0.05) is 142 Å². The van der Waals surface area contributed by atoms with Crippen molar-refractivity contribution in [1.82, 2.24) is 4.90 Å². The third-order valence-corrected chi connectivity index (χ3v) is 7.59. The van der Waals surface area contributed by atoms with Gasteiger partial charge in [0.15, 0.2) is 0 Å². The average molecular weight is 498 g/mol. The maximum absolute atomic E-state index is 8.87. The smallest absolute Gasteiger partial charge is 0.0431 e. The Balaban J connectivity index is 3.85. The van der Waals surface area contributed by atoms with Crippen LogP contribution in [0.25, 0.3) is 0 Å². The standard InChI is InChI=1S/C32H67NO2/c1-2-3-4-5-6-7-8-13-18-23-28-33(29-24-19-14-9-11-16-21-26-31-34)30-25-20-15-10-12-17-22-27-32-35/h34-35H,2-32H2,1H3. The van der Waals surface area contributed by atoms with Crippen LogP contribution in [0.3, 0.4) is 0 Å². The van der Waals surface area contributed by atoms with E-state index in [1.165, 1.54) is 174 Å². The van der Waals surface area contributed by atoms with Crippen molar-refractivity contribution in [3.8, 4) is 0 Å². The molecule has 0 saturated carbocycles. The molecule has 3 heteroatoms. The van der Waals surface area contributed by atoms with Gasteiger partial charge in [-0.3, -0.25) is 0 Å². The van der Waals surface area contributed by atoms with Crippen molar-refractivity contribution in [2.75, 3.05) is 32.8 Å². The molecule has 0 amide bonds. The minimum absolute atomic E-state index is 0.361. The fourth-order valence-electron chi connectivity index (χ4n) is 5.17. The summed E-state index contributed by atoms with van der Waals surface area (Å²) in [5.74, 6) is 0. The Morgan fingerprint density at radius 3 is 0.800 bits per heavy atom. The molecular formula is C32H67NO2. The molecule has 0 aliphatic heterocycles. The SMILES string of the molecule is CCCCCCCCCCCCN(CCCCCCCCCCO)CCCCCCCCCCO. The Morgan fingerprint density at radius 1 is 0.314 bits per heavy atom. The van der Waals surface area contributed by atoms with Gasteiger partial charge in [0.05, 0.1) is 0 Å². The van der Waals surface area contributed by atoms with E-state index >= 15 is 0 Å². The molecule has 0 atom stereocenters. The van der Waals surface area contributed by atoms with Crippen molar-refractivity contribution >= 4 is 0 Å². The molecule has 0 aromatic heterocycles. The number of unbranched alkanes of at least 4 members (excludes halogenated alkanes) is 23. The van der Waals surface area contributed by atoms with Gasteiger partial charge in [-0.15, -0.1) is 0 Å². The van der Waals surface area contributed by atoms with Crippen molar-refractivity contribution in [3.05, 3.63) is 0 Å². The maximum Gasteiger partial charge on any atom is 0.0431 e. The van der Waals surface area contributed by atoms with E-state index in [2.05, 4.69) is 11.8 Å². The van der Waals surface area contributed by atoms with Crippen molar-refractivity contribution in [1.29, 1.82) is 0 Å². The normalized spacial score (nSPS) is 11.7. The Kier molecular flexibility index (Phi) is 31.8. The van der Waals surface area contributed by atoms with E-state index in [0.717, 1.165) is 12.8 Å². The lowest BCUT2D eigenvalue weighted by Crippen LogP contribution is -2.27. The van der Waals surface area contributed by atoms with Crippen LogP contribution in [0, 0.1) is 0 Å². The average Bonchev–Trinajstić information content (AvgIpc) is 2.87. The summed E-state index contributed by atoms with van der Waals surface area (Å²) in [7, 11) is 0. The molecule has 2 N–H and O–H groups in total. The molecule has 0 spiro atoms. The summed E-state index contributed by atoms with van der Waals surface area (Å²) >= 11 is 0. The van der Waals surface area contributed by atoms with E-state index in [4.69, 9.17) is 10.2 Å². The molecule has 0 heterocycles. The molecule has 0 radical (unpaired) electrons. The summed E-state index contributed by atoms with van der Waals surface area (Å²) in [4.78, 5) is 2.78. The van der Waals surface area contributed by atoms with E-state index in [1.807, 2.05) is 0 Å². The van der Waals surface area contributed by atoms with Crippen LogP contribution in [0.4, 0.5) is 0 Å². The zero-order chi connectivity index (χ0) is 25.5. The molecule has 0 aromatic carbocycles. The molecule has 35 heavy (non-hydrogen) atoms. The highest BCUT2D eigenvalue weighted by Gasteiger charge is 2.05. The molecule has 0 aliphatic rings. The molecule has 0 aromatic rings. The summed E-state index contributed by atoms with van der Waals surface area (Å²) in [6, 6.07) is 0. The van der Waals surface area contributed by atoms with Crippen molar-refractivity contribution in [3.63, 3.8) is 0 Å². The summed E-state index contributed by atoms with van der Waals surface area (Å²) in [5, 5.41) is 17.7. The van der Waals surface area contributed by atoms with Crippen LogP contribution >= 0.6 is 0 Å². The van der Waals surface area contributed by atoms with E-state index in [-0.39, 0.29) is 0 Å². The highest BCUT2D eigenvalue weighted by molar-refractivity contribution is 4.61. The first kappa shape index (κ1) is 34.9. The summed E-state index contributed by atoms with van der Waals surface area (Å²) in [6.45, 7) is 6.96. The predicted molar refractivity (Wildman–Crippen MR) is 156 cm³/mol. The Labute approximate surface area is 221 Å². The molecule has 0 fully saturated rings. The van der Waals surface area contributed by atoms with Crippen LogP contribution in [0.2, 0.25) is 0 Å². The molecular weight excluding hydrogens is 430 g/mol. The fraction of sp³-hybridized carbons (Fsp3) is 1.00. The second kappa shape index (κ2) is 31.9. The van der Waals surface area contributed by atoms with Crippen LogP contribution < -0.4 is 0 Å². The zero-order valence-electron chi connectivity index (χ0n) is 24.3. The van der Waals surface area contributed by atoms with Gasteiger partial charge in [-0.25, -0.2) is 0 Å². The Bertz CT molecular complexity index is 341. The Hall–Kier alpha value is -0.120. The van der Waals surface area contributed by atoms with Gasteiger partial charge in [0.25, 0.3) is 0 Å². The number of nitrogens with zero attached hydrogens (tertiary/aromatic N) is 1. The van der Waals surface area contributed by atoms with Crippen LogP contribution in [0.15, 0.2) is 0 Å².